The van der Waals surface area contributed by atoms with Gasteiger partial charge in [0.1, 0.15) is 0 Å². The largest absolute Gasteiger partial charge is 0.444 e. The third-order valence-electron chi connectivity index (χ3n) is 7.58. The first-order valence-corrected chi connectivity index (χ1v) is 12.0. The van der Waals surface area contributed by atoms with E-state index in [9.17, 15) is 14.7 Å². The van der Waals surface area contributed by atoms with E-state index >= 15 is 0 Å². The van der Waals surface area contributed by atoms with Crippen molar-refractivity contribution in [2.24, 2.45) is 23.7 Å². The number of ether oxygens (including phenoxy) is 1. The predicted molar refractivity (Wildman–Crippen MR) is 128 cm³/mol. The number of aliphatic hydroxyl groups is 1. The van der Waals surface area contributed by atoms with Gasteiger partial charge in [-0.1, -0.05) is 68.0 Å². The van der Waals surface area contributed by atoms with E-state index in [-0.39, 0.29) is 35.6 Å². The van der Waals surface area contributed by atoms with Crippen LogP contribution >= 0.6 is 0 Å². The third kappa shape index (κ3) is 4.56. The SMILES string of the molecule is CC1=CC2/C=C/CC(C)CC(C)(O)/C=C/C(=O)OC23C(=O)NC(Cc2ccccc2)C3C1C. The first-order chi connectivity index (χ1) is 15.6. The maximum absolute atomic E-state index is 13.6. The molecule has 1 aromatic rings. The lowest BCUT2D eigenvalue weighted by Crippen LogP contribution is -2.56. The minimum atomic E-state index is -1.31. The fourth-order valence-electron chi connectivity index (χ4n) is 5.95. The first-order valence-electron chi connectivity index (χ1n) is 12.0. The van der Waals surface area contributed by atoms with Crippen molar-refractivity contribution in [1.82, 2.24) is 5.32 Å². The Balaban J connectivity index is 1.78. The standard InChI is InChI=1S/C28H35NO4/c1-18-9-8-12-22-15-19(2)20(3)25-23(16-21-10-6-5-7-11-21)29-26(31)28(22,25)33-24(30)13-14-27(4,32)17-18/h5-8,10-15,18,20,22-23,25,32H,9,16-17H2,1-4H3,(H,29,31)/b12-8+,14-13+. The Kier molecular flexibility index (Phi) is 6.37. The zero-order valence-corrected chi connectivity index (χ0v) is 20.0. The molecule has 1 spiro atoms. The van der Waals surface area contributed by atoms with E-state index in [1.807, 2.05) is 24.3 Å². The molecular formula is C28H35NO4. The van der Waals surface area contributed by atoms with Crippen molar-refractivity contribution >= 4 is 11.9 Å². The minimum absolute atomic E-state index is 0.0639. The van der Waals surface area contributed by atoms with Crippen molar-refractivity contribution in [1.29, 1.82) is 0 Å². The van der Waals surface area contributed by atoms with Crippen molar-refractivity contribution in [2.75, 3.05) is 0 Å². The molecule has 2 aliphatic heterocycles. The van der Waals surface area contributed by atoms with Gasteiger partial charge >= 0.3 is 5.97 Å². The highest BCUT2D eigenvalue weighted by Crippen LogP contribution is 2.50. The van der Waals surface area contributed by atoms with E-state index in [1.165, 1.54) is 17.7 Å². The second-order valence-electron chi connectivity index (χ2n) is 10.4. The molecule has 0 saturated carbocycles. The molecule has 3 aliphatic rings. The summed E-state index contributed by atoms with van der Waals surface area (Å²) in [5, 5.41) is 13.9. The van der Waals surface area contributed by atoms with Gasteiger partial charge in [0.05, 0.1) is 5.60 Å². The molecule has 7 atom stereocenters. The van der Waals surface area contributed by atoms with E-state index in [0.717, 1.165) is 12.0 Å². The van der Waals surface area contributed by atoms with Crippen LogP contribution in [0.2, 0.25) is 0 Å². The van der Waals surface area contributed by atoms with Gasteiger partial charge in [0.25, 0.3) is 5.91 Å². The van der Waals surface area contributed by atoms with E-state index in [0.29, 0.717) is 12.8 Å². The Labute approximate surface area is 196 Å². The summed E-state index contributed by atoms with van der Waals surface area (Å²) < 4.78 is 6.11. The number of benzene rings is 1. The van der Waals surface area contributed by atoms with Crippen LogP contribution in [0.5, 0.6) is 0 Å². The van der Waals surface area contributed by atoms with E-state index in [1.54, 1.807) is 6.92 Å². The zero-order valence-electron chi connectivity index (χ0n) is 20.0. The predicted octanol–water partition coefficient (Wildman–Crippen LogP) is 4.13. The maximum Gasteiger partial charge on any atom is 0.331 e. The van der Waals surface area contributed by atoms with Crippen LogP contribution in [0.25, 0.3) is 0 Å². The zero-order chi connectivity index (χ0) is 23.8. The summed E-state index contributed by atoms with van der Waals surface area (Å²) in [7, 11) is 0. The molecule has 2 N–H and O–H groups in total. The number of rotatable bonds is 2. The molecule has 33 heavy (non-hydrogen) atoms. The van der Waals surface area contributed by atoms with Crippen LogP contribution in [0.15, 0.2) is 66.3 Å². The first kappa shape index (κ1) is 23.5. The van der Waals surface area contributed by atoms with Crippen LogP contribution in [0.4, 0.5) is 0 Å². The molecule has 1 aliphatic carbocycles. The summed E-state index contributed by atoms with van der Waals surface area (Å²) in [6, 6.07) is 9.94. The molecule has 1 fully saturated rings. The van der Waals surface area contributed by atoms with Gasteiger partial charge < -0.3 is 15.2 Å². The molecule has 5 heteroatoms. The lowest BCUT2D eigenvalue weighted by molar-refractivity contribution is -0.172. The number of nitrogens with one attached hydrogen (secondary N) is 1. The highest BCUT2D eigenvalue weighted by atomic mass is 16.6. The Morgan fingerprint density at radius 2 is 1.91 bits per heavy atom. The van der Waals surface area contributed by atoms with E-state index < -0.39 is 17.2 Å². The molecule has 5 nitrogen and oxygen atoms in total. The Morgan fingerprint density at radius 1 is 1.18 bits per heavy atom. The maximum atomic E-state index is 13.6. The quantitative estimate of drug-likeness (QED) is 0.526. The summed E-state index contributed by atoms with van der Waals surface area (Å²) in [6.07, 6.45) is 10.9. The second-order valence-corrected chi connectivity index (χ2v) is 10.4. The van der Waals surface area contributed by atoms with Crippen molar-refractivity contribution in [2.45, 2.75) is 64.2 Å². The molecule has 2 heterocycles. The Hall–Kier alpha value is -2.66. The third-order valence-corrected chi connectivity index (χ3v) is 7.58. The molecular weight excluding hydrogens is 414 g/mol. The van der Waals surface area contributed by atoms with Crippen LogP contribution in [-0.4, -0.2) is 34.2 Å². The molecule has 1 aromatic carbocycles. The van der Waals surface area contributed by atoms with Crippen LogP contribution in [-0.2, 0) is 20.7 Å². The summed E-state index contributed by atoms with van der Waals surface area (Å²) >= 11 is 0. The van der Waals surface area contributed by atoms with Gasteiger partial charge in [-0.05, 0) is 56.6 Å². The number of amides is 1. The second kappa shape index (κ2) is 8.94. The lowest BCUT2D eigenvalue weighted by atomic mass is 9.63. The van der Waals surface area contributed by atoms with Crippen LogP contribution in [0.1, 0.15) is 46.1 Å². The van der Waals surface area contributed by atoms with Gasteiger partial charge in [-0.2, -0.15) is 0 Å². The highest BCUT2D eigenvalue weighted by Gasteiger charge is 2.64. The van der Waals surface area contributed by atoms with Crippen LogP contribution < -0.4 is 5.32 Å². The molecule has 0 bridgehead atoms. The van der Waals surface area contributed by atoms with Gasteiger partial charge in [0.15, 0.2) is 0 Å². The normalized spacial score (nSPS) is 40.8. The van der Waals surface area contributed by atoms with E-state index in [4.69, 9.17) is 4.74 Å². The molecule has 176 valence electrons. The van der Waals surface area contributed by atoms with Gasteiger partial charge in [-0.3, -0.25) is 4.79 Å². The Morgan fingerprint density at radius 3 is 2.64 bits per heavy atom. The van der Waals surface area contributed by atoms with Gasteiger partial charge in [0, 0.05) is 24.0 Å². The summed E-state index contributed by atoms with van der Waals surface area (Å²) in [6.45, 7) is 7.99. The lowest BCUT2D eigenvalue weighted by Gasteiger charge is -2.44. The van der Waals surface area contributed by atoms with Gasteiger partial charge in [0.2, 0.25) is 5.60 Å². The summed E-state index contributed by atoms with van der Waals surface area (Å²) in [5.74, 6) is -1.10. The van der Waals surface area contributed by atoms with Gasteiger partial charge in [-0.25, -0.2) is 4.79 Å². The molecule has 7 unspecified atom stereocenters. The number of allylic oxidation sites excluding steroid dienone is 2. The molecule has 1 saturated heterocycles. The number of hydrogen-bond acceptors (Lipinski definition) is 4. The van der Waals surface area contributed by atoms with Crippen molar-refractivity contribution in [3.63, 3.8) is 0 Å². The topological polar surface area (TPSA) is 75.6 Å². The molecule has 0 radical (unpaired) electrons. The molecule has 0 aromatic heterocycles. The van der Waals surface area contributed by atoms with Crippen LogP contribution in [0, 0.1) is 23.7 Å². The fraction of sp³-hybridized carbons (Fsp3) is 0.500. The average Bonchev–Trinajstić information content (AvgIpc) is 3.02. The highest BCUT2D eigenvalue weighted by molar-refractivity contribution is 5.94. The van der Waals surface area contributed by atoms with Crippen molar-refractivity contribution in [3.8, 4) is 0 Å². The van der Waals surface area contributed by atoms with Crippen molar-refractivity contribution in [3.05, 3.63) is 71.8 Å². The minimum Gasteiger partial charge on any atom is -0.444 e. The average molecular weight is 450 g/mol. The number of hydrogen-bond donors (Lipinski definition) is 2. The summed E-state index contributed by atoms with van der Waals surface area (Å²) in [4.78, 5) is 26.7. The number of carbonyl (C=O) groups excluding carboxylic acids is 2. The summed E-state index contributed by atoms with van der Waals surface area (Å²) in [5.41, 5.74) is -0.0958. The smallest absolute Gasteiger partial charge is 0.331 e. The van der Waals surface area contributed by atoms with Gasteiger partial charge in [-0.15, -0.1) is 0 Å². The van der Waals surface area contributed by atoms with Crippen LogP contribution in [0.3, 0.4) is 0 Å². The number of carbonyl (C=O) groups is 2. The fourth-order valence-corrected chi connectivity index (χ4v) is 5.95. The van der Waals surface area contributed by atoms with Crippen molar-refractivity contribution < 1.29 is 19.4 Å². The Bertz CT molecular complexity index is 992. The monoisotopic (exact) mass is 449 g/mol. The molecule has 1 amide bonds. The number of esters is 1. The van der Waals surface area contributed by atoms with E-state index in [2.05, 4.69) is 50.4 Å². The molecule has 4 rings (SSSR count).